The van der Waals surface area contributed by atoms with Crippen molar-refractivity contribution in [2.45, 2.75) is 116 Å². The second-order valence-electron chi connectivity index (χ2n) is 10.1. The molecule has 0 unspecified atom stereocenters. The van der Waals surface area contributed by atoms with E-state index >= 15 is 0 Å². The summed E-state index contributed by atoms with van der Waals surface area (Å²) < 4.78 is 3.54. The molecule has 33 heavy (non-hydrogen) atoms. The number of fused-ring (bicyclic) bond motifs is 3. The number of aryl methyl sites for hydroxylation is 1. The van der Waals surface area contributed by atoms with Gasteiger partial charge in [-0.2, -0.15) is 0 Å². The van der Waals surface area contributed by atoms with Crippen LogP contribution in [0, 0.1) is 6.92 Å². The summed E-state index contributed by atoms with van der Waals surface area (Å²) in [6.45, 7) is 6.86. The first-order valence-electron chi connectivity index (χ1n) is 13.3. The van der Waals surface area contributed by atoms with Crippen LogP contribution < -0.4 is 0 Å². The summed E-state index contributed by atoms with van der Waals surface area (Å²) >= 11 is 11.7. The van der Waals surface area contributed by atoms with Gasteiger partial charge in [-0.1, -0.05) is 115 Å². The minimum atomic E-state index is 0.119. The summed E-state index contributed by atoms with van der Waals surface area (Å²) in [6, 6.07) is 9.51. The molecule has 2 aromatic rings. The average molecular weight is 641 g/mol. The van der Waals surface area contributed by atoms with Gasteiger partial charge in [0.15, 0.2) is 0 Å². The van der Waals surface area contributed by atoms with Gasteiger partial charge in [0.05, 0.1) is 0 Å². The van der Waals surface area contributed by atoms with Gasteiger partial charge in [-0.3, -0.25) is 0 Å². The Morgan fingerprint density at radius 2 is 1.18 bits per heavy atom. The van der Waals surface area contributed by atoms with E-state index in [9.17, 15) is 0 Å². The first-order chi connectivity index (χ1) is 16.0. The molecule has 0 radical (unpaired) electrons. The molecule has 0 N–H and O–H groups in total. The van der Waals surface area contributed by atoms with Crippen molar-refractivity contribution in [3.8, 4) is 11.1 Å². The molecule has 0 saturated heterocycles. The van der Waals surface area contributed by atoms with Crippen molar-refractivity contribution in [1.29, 1.82) is 0 Å². The highest BCUT2D eigenvalue weighted by molar-refractivity contribution is 9.14. The minimum Gasteiger partial charge on any atom is -0.0654 e. The third-order valence-electron chi connectivity index (χ3n) is 7.54. The van der Waals surface area contributed by atoms with Crippen molar-refractivity contribution in [3.63, 3.8) is 0 Å². The fourth-order valence-corrected chi connectivity index (χ4v) is 7.57. The van der Waals surface area contributed by atoms with Crippen LogP contribution in [0.2, 0.25) is 0 Å². The zero-order valence-electron chi connectivity index (χ0n) is 20.8. The zero-order chi connectivity index (χ0) is 23.8. The Morgan fingerprint density at radius 3 is 1.76 bits per heavy atom. The third-order valence-corrected chi connectivity index (χ3v) is 10.8. The van der Waals surface area contributed by atoms with Crippen molar-refractivity contribution in [3.05, 3.63) is 54.4 Å². The summed E-state index contributed by atoms with van der Waals surface area (Å²) in [4.78, 5) is 0. The molecule has 0 saturated carbocycles. The van der Waals surface area contributed by atoms with Gasteiger partial charge in [0, 0.05) is 18.8 Å². The van der Waals surface area contributed by atoms with E-state index in [0.29, 0.717) is 0 Å². The van der Waals surface area contributed by atoms with Crippen molar-refractivity contribution in [1.82, 2.24) is 0 Å². The molecule has 3 rings (SSSR count). The third kappa shape index (κ3) is 6.36. The second-order valence-corrected chi connectivity index (χ2v) is 12.5. The van der Waals surface area contributed by atoms with Gasteiger partial charge < -0.3 is 0 Å². The highest BCUT2D eigenvalue weighted by Crippen LogP contribution is 2.58. The number of hydrogen-bond donors (Lipinski definition) is 0. The maximum Gasteiger partial charge on any atom is 0.0463 e. The van der Waals surface area contributed by atoms with E-state index in [4.69, 9.17) is 0 Å². The Balaban J connectivity index is 1.96. The summed E-state index contributed by atoms with van der Waals surface area (Å²) in [5, 5.41) is 0. The van der Waals surface area contributed by atoms with E-state index in [1.165, 1.54) is 117 Å². The molecule has 0 amide bonds. The fourth-order valence-electron chi connectivity index (χ4n) is 5.76. The van der Waals surface area contributed by atoms with Crippen LogP contribution in [-0.2, 0) is 5.41 Å². The predicted molar refractivity (Wildman–Crippen MR) is 156 cm³/mol. The van der Waals surface area contributed by atoms with Gasteiger partial charge in [0.1, 0.15) is 0 Å². The quantitative estimate of drug-likeness (QED) is 0.142. The molecule has 0 aliphatic heterocycles. The Labute approximate surface area is 228 Å². The van der Waals surface area contributed by atoms with Crippen molar-refractivity contribution < 1.29 is 0 Å². The summed E-state index contributed by atoms with van der Waals surface area (Å²) in [5.74, 6) is 0. The van der Waals surface area contributed by atoms with Gasteiger partial charge in [-0.05, 0) is 95.9 Å². The highest BCUT2D eigenvalue weighted by Gasteiger charge is 2.44. The van der Waals surface area contributed by atoms with Gasteiger partial charge in [-0.25, -0.2) is 0 Å². The summed E-state index contributed by atoms with van der Waals surface area (Å²) in [5.41, 5.74) is 7.47. The number of rotatable bonds is 14. The molecule has 0 aromatic heterocycles. The van der Waals surface area contributed by atoms with Crippen LogP contribution in [0.3, 0.4) is 0 Å². The molecule has 0 spiro atoms. The van der Waals surface area contributed by atoms with Gasteiger partial charge >= 0.3 is 0 Å². The smallest absolute Gasteiger partial charge is 0.0463 e. The lowest BCUT2D eigenvalue weighted by Crippen LogP contribution is -2.26. The standard InChI is InChI=1S/C30H41Br3/c1-4-6-8-10-12-14-18-30(19-15-13-11-9-7-5-2)25-20-22(3)16-17-23(25)24-21-26(31)28(32)29(33)27(24)30/h16-17,20-21H,4-15,18-19H2,1-3H3. The lowest BCUT2D eigenvalue weighted by molar-refractivity contribution is 0.396. The average Bonchev–Trinajstić information content (AvgIpc) is 3.06. The summed E-state index contributed by atoms with van der Waals surface area (Å²) in [7, 11) is 0. The molecule has 3 heteroatoms. The monoisotopic (exact) mass is 638 g/mol. The maximum absolute atomic E-state index is 4.04. The van der Waals surface area contributed by atoms with E-state index in [1.807, 2.05) is 0 Å². The molecule has 2 aromatic carbocycles. The van der Waals surface area contributed by atoms with E-state index < -0.39 is 0 Å². The molecule has 0 fully saturated rings. The van der Waals surface area contributed by atoms with E-state index in [0.717, 1.165) is 8.95 Å². The molecular formula is C30H41Br3. The topological polar surface area (TPSA) is 0 Å². The molecule has 1 aliphatic carbocycles. The van der Waals surface area contributed by atoms with Crippen LogP contribution in [0.4, 0.5) is 0 Å². The minimum absolute atomic E-state index is 0.119. The molecule has 0 bridgehead atoms. The van der Waals surface area contributed by atoms with Gasteiger partial charge in [0.2, 0.25) is 0 Å². The second kappa shape index (κ2) is 13.3. The van der Waals surface area contributed by atoms with Crippen molar-refractivity contribution in [2.24, 2.45) is 0 Å². The SMILES string of the molecule is CCCCCCCCC1(CCCCCCCC)c2cc(C)ccc2-c2cc(Br)c(Br)c(Br)c21. The van der Waals surface area contributed by atoms with Gasteiger partial charge in [0.25, 0.3) is 0 Å². The van der Waals surface area contributed by atoms with Crippen LogP contribution >= 0.6 is 47.8 Å². The van der Waals surface area contributed by atoms with Crippen LogP contribution in [0.1, 0.15) is 120 Å². The number of benzene rings is 2. The molecule has 182 valence electrons. The number of halogens is 3. The zero-order valence-corrected chi connectivity index (χ0v) is 25.6. The largest absolute Gasteiger partial charge is 0.0654 e. The lowest BCUT2D eigenvalue weighted by Gasteiger charge is -2.34. The fraction of sp³-hybridized carbons (Fsp3) is 0.600. The van der Waals surface area contributed by atoms with Crippen LogP contribution in [0.25, 0.3) is 11.1 Å². The Morgan fingerprint density at radius 1 is 0.636 bits per heavy atom. The first-order valence-corrected chi connectivity index (χ1v) is 15.6. The Kier molecular flexibility index (Phi) is 11.0. The first kappa shape index (κ1) is 27.5. The van der Waals surface area contributed by atoms with Crippen LogP contribution in [-0.4, -0.2) is 0 Å². The van der Waals surface area contributed by atoms with Crippen molar-refractivity contribution in [2.75, 3.05) is 0 Å². The van der Waals surface area contributed by atoms with Crippen LogP contribution in [0.15, 0.2) is 37.7 Å². The molecule has 1 aliphatic rings. The normalized spacial score (nSPS) is 13.9. The van der Waals surface area contributed by atoms with Crippen LogP contribution in [0.5, 0.6) is 0 Å². The van der Waals surface area contributed by atoms with E-state index in [2.05, 4.69) is 92.8 Å². The number of hydrogen-bond acceptors (Lipinski definition) is 0. The number of unbranched alkanes of at least 4 members (excludes halogenated alkanes) is 10. The Bertz CT molecular complexity index is 899. The van der Waals surface area contributed by atoms with Crippen molar-refractivity contribution >= 4 is 47.8 Å². The Hall–Kier alpha value is -0.120. The predicted octanol–water partition coefficient (Wildman–Crippen LogP) is 12.1. The van der Waals surface area contributed by atoms with E-state index in [1.54, 1.807) is 5.56 Å². The molecular weight excluding hydrogens is 600 g/mol. The lowest BCUT2D eigenvalue weighted by atomic mass is 9.70. The maximum atomic E-state index is 4.04. The van der Waals surface area contributed by atoms with E-state index in [-0.39, 0.29) is 5.41 Å². The highest BCUT2D eigenvalue weighted by atomic mass is 79.9. The molecule has 0 atom stereocenters. The molecule has 0 nitrogen and oxygen atoms in total. The van der Waals surface area contributed by atoms with Gasteiger partial charge in [-0.15, -0.1) is 0 Å². The summed E-state index contributed by atoms with van der Waals surface area (Å²) in [6.07, 6.45) is 18.7. The molecule has 0 heterocycles.